The molecule has 0 radical (unpaired) electrons. The summed E-state index contributed by atoms with van der Waals surface area (Å²) in [6.07, 6.45) is -3.86. The Hall–Kier alpha value is -0.820. The number of hydrogen-bond acceptors (Lipinski definition) is 3. The maximum atomic E-state index is 12.6. The zero-order valence-corrected chi connectivity index (χ0v) is 11.9. The minimum Gasteiger partial charge on any atom is -0.339 e. The summed E-state index contributed by atoms with van der Waals surface area (Å²) >= 11 is 0. The molecule has 2 fully saturated rings. The fraction of sp³-hybridized carbons (Fsp3) is 0.923. The van der Waals surface area contributed by atoms with E-state index in [1.54, 1.807) is 4.90 Å². The Balaban J connectivity index is 1.86. The van der Waals surface area contributed by atoms with Crippen LogP contribution < -0.4 is 5.32 Å². The number of carbonyl (C=O) groups excluding carboxylic acids is 1. The Morgan fingerprint density at radius 2 is 1.95 bits per heavy atom. The molecule has 20 heavy (non-hydrogen) atoms. The Labute approximate surface area is 117 Å². The van der Waals surface area contributed by atoms with E-state index in [-0.39, 0.29) is 25.3 Å². The van der Waals surface area contributed by atoms with Gasteiger partial charge >= 0.3 is 6.18 Å². The van der Waals surface area contributed by atoms with Crippen molar-refractivity contribution in [3.05, 3.63) is 0 Å². The van der Waals surface area contributed by atoms with E-state index >= 15 is 0 Å². The third-order valence-corrected chi connectivity index (χ3v) is 4.45. The smallest absolute Gasteiger partial charge is 0.339 e. The lowest BCUT2D eigenvalue weighted by Crippen LogP contribution is -2.58. The van der Waals surface area contributed by atoms with Gasteiger partial charge in [0.05, 0.1) is 12.0 Å². The highest BCUT2D eigenvalue weighted by Gasteiger charge is 2.43. The summed E-state index contributed by atoms with van der Waals surface area (Å²) in [5.74, 6) is -1.37. The van der Waals surface area contributed by atoms with Crippen molar-refractivity contribution < 1.29 is 18.0 Å². The van der Waals surface area contributed by atoms with Crippen molar-refractivity contribution in [1.29, 1.82) is 0 Å². The maximum absolute atomic E-state index is 12.6. The van der Waals surface area contributed by atoms with Gasteiger partial charge in [-0.1, -0.05) is 0 Å². The molecule has 3 unspecified atom stereocenters. The van der Waals surface area contributed by atoms with Crippen LogP contribution in [0, 0.1) is 5.92 Å². The summed E-state index contributed by atoms with van der Waals surface area (Å²) in [5, 5.41) is 2.77. The van der Waals surface area contributed by atoms with Crippen LogP contribution in [0.1, 0.15) is 19.8 Å². The highest BCUT2D eigenvalue weighted by atomic mass is 19.4. The molecular weight excluding hydrogens is 271 g/mol. The molecule has 1 amide bonds. The van der Waals surface area contributed by atoms with Gasteiger partial charge in [-0.05, 0) is 26.8 Å². The van der Waals surface area contributed by atoms with E-state index in [1.165, 1.54) is 0 Å². The van der Waals surface area contributed by atoms with Crippen LogP contribution in [0.25, 0.3) is 0 Å². The SMILES string of the molecule is CC1CN(C(=O)C2CCC(C(F)(F)F)CN2)CCN1C. The van der Waals surface area contributed by atoms with Gasteiger partial charge < -0.3 is 15.1 Å². The van der Waals surface area contributed by atoms with E-state index in [0.29, 0.717) is 19.1 Å². The highest BCUT2D eigenvalue weighted by Crippen LogP contribution is 2.32. The van der Waals surface area contributed by atoms with Gasteiger partial charge in [-0.2, -0.15) is 13.2 Å². The Kier molecular flexibility index (Phi) is 4.59. The first-order chi connectivity index (χ1) is 9.29. The maximum Gasteiger partial charge on any atom is 0.393 e. The third kappa shape index (κ3) is 3.44. The molecule has 0 aromatic heterocycles. The van der Waals surface area contributed by atoms with E-state index in [0.717, 1.165) is 6.54 Å². The first kappa shape index (κ1) is 15.6. The zero-order valence-electron chi connectivity index (χ0n) is 11.9. The average molecular weight is 293 g/mol. The van der Waals surface area contributed by atoms with Crippen molar-refractivity contribution in [3.63, 3.8) is 0 Å². The van der Waals surface area contributed by atoms with Gasteiger partial charge in [0.15, 0.2) is 0 Å². The minimum atomic E-state index is -4.16. The van der Waals surface area contributed by atoms with Gasteiger partial charge in [-0.3, -0.25) is 4.79 Å². The summed E-state index contributed by atoms with van der Waals surface area (Å²) in [4.78, 5) is 16.3. The summed E-state index contributed by atoms with van der Waals surface area (Å²) in [6.45, 7) is 4.01. The molecule has 3 atom stereocenters. The molecule has 2 aliphatic rings. The number of rotatable bonds is 1. The van der Waals surface area contributed by atoms with E-state index in [1.807, 2.05) is 14.0 Å². The standard InChI is InChI=1S/C13H22F3N3O/c1-9-8-19(6-5-18(9)2)12(20)11-4-3-10(7-17-11)13(14,15)16/h9-11,17H,3-8H2,1-2H3. The minimum absolute atomic E-state index is 0.0379. The van der Waals surface area contributed by atoms with Crippen LogP contribution in [0.2, 0.25) is 0 Å². The second-order valence-electron chi connectivity index (χ2n) is 5.89. The van der Waals surface area contributed by atoms with E-state index < -0.39 is 18.1 Å². The number of nitrogens with one attached hydrogen (secondary N) is 1. The Bertz CT molecular complexity index is 353. The van der Waals surface area contributed by atoms with Crippen LogP contribution in [-0.4, -0.2) is 67.2 Å². The summed E-state index contributed by atoms with van der Waals surface area (Å²) < 4.78 is 37.7. The number of carbonyl (C=O) groups is 1. The van der Waals surface area contributed by atoms with E-state index in [2.05, 4.69) is 10.2 Å². The molecule has 0 aliphatic carbocycles. The number of likely N-dealkylation sites (N-methyl/N-ethyl adjacent to an activating group) is 1. The molecule has 1 N–H and O–H groups in total. The quantitative estimate of drug-likeness (QED) is 0.786. The monoisotopic (exact) mass is 293 g/mol. The predicted molar refractivity (Wildman–Crippen MR) is 69.2 cm³/mol. The number of nitrogens with zero attached hydrogens (tertiary/aromatic N) is 2. The van der Waals surface area contributed by atoms with Crippen LogP contribution in [0.5, 0.6) is 0 Å². The molecule has 2 rings (SSSR count). The Morgan fingerprint density at radius 3 is 2.45 bits per heavy atom. The van der Waals surface area contributed by atoms with Crippen LogP contribution in [0.15, 0.2) is 0 Å². The van der Waals surface area contributed by atoms with Crippen molar-refractivity contribution in [3.8, 4) is 0 Å². The van der Waals surface area contributed by atoms with Crippen molar-refractivity contribution in [1.82, 2.24) is 15.1 Å². The Morgan fingerprint density at radius 1 is 1.25 bits per heavy atom. The normalized spacial score (nSPS) is 33.2. The molecule has 0 aromatic carbocycles. The third-order valence-electron chi connectivity index (χ3n) is 4.45. The lowest BCUT2D eigenvalue weighted by atomic mass is 9.93. The van der Waals surface area contributed by atoms with Crippen molar-refractivity contribution in [2.75, 3.05) is 33.2 Å². The molecule has 116 valence electrons. The zero-order chi connectivity index (χ0) is 14.9. The van der Waals surface area contributed by atoms with Crippen LogP contribution >= 0.6 is 0 Å². The number of piperidine rings is 1. The first-order valence-electron chi connectivity index (χ1n) is 7.08. The predicted octanol–water partition coefficient (Wildman–Crippen LogP) is 1.08. The van der Waals surface area contributed by atoms with Crippen LogP contribution in [0.3, 0.4) is 0 Å². The summed E-state index contributed by atoms with van der Waals surface area (Å²) in [5.41, 5.74) is 0. The van der Waals surface area contributed by atoms with Crippen molar-refractivity contribution in [2.24, 2.45) is 5.92 Å². The molecule has 0 bridgehead atoms. The van der Waals surface area contributed by atoms with E-state index in [9.17, 15) is 18.0 Å². The van der Waals surface area contributed by atoms with Gasteiger partial charge in [0.25, 0.3) is 0 Å². The molecule has 0 spiro atoms. The average Bonchev–Trinajstić information content (AvgIpc) is 2.40. The number of piperazine rings is 1. The fourth-order valence-electron chi connectivity index (χ4n) is 2.82. The van der Waals surface area contributed by atoms with Gasteiger partial charge in [-0.15, -0.1) is 0 Å². The lowest BCUT2D eigenvalue weighted by Gasteiger charge is -2.40. The number of halogens is 3. The second-order valence-corrected chi connectivity index (χ2v) is 5.89. The van der Waals surface area contributed by atoms with Gasteiger partial charge in [0, 0.05) is 32.2 Å². The first-order valence-corrected chi connectivity index (χ1v) is 7.08. The highest BCUT2D eigenvalue weighted by molar-refractivity contribution is 5.82. The number of alkyl halides is 3. The molecular formula is C13H22F3N3O. The second kappa shape index (κ2) is 5.89. The van der Waals surface area contributed by atoms with Gasteiger partial charge in [0.2, 0.25) is 5.91 Å². The molecule has 2 aliphatic heterocycles. The molecule has 4 nitrogen and oxygen atoms in total. The molecule has 2 heterocycles. The summed E-state index contributed by atoms with van der Waals surface area (Å²) in [7, 11) is 2.01. The largest absolute Gasteiger partial charge is 0.393 e. The van der Waals surface area contributed by atoms with Crippen molar-refractivity contribution in [2.45, 2.75) is 38.0 Å². The number of hydrogen-bond donors (Lipinski definition) is 1. The summed E-state index contributed by atoms with van der Waals surface area (Å²) in [6, 6.07) is -0.163. The fourth-order valence-corrected chi connectivity index (χ4v) is 2.82. The lowest BCUT2D eigenvalue weighted by molar-refractivity contribution is -0.181. The van der Waals surface area contributed by atoms with Crippen molar-refractivity contribution >= 4 is 5.91 Å². The van der Waals surface area contributed by atoms with E-state index in [4.69, 9.17) is 0 Å². The molecule has 0 aromatic rings. The van der Waals surface area contributed by atoms with Crippen LogP contribution in [0.4, 0.5) is 13.2 Å². The van der Waals surface area contributed by atoms with Crippen LogP contribution in [-0.2, 0) is 4.79 Å². The number of amides is 1. The van der Waals surface area contributed by atoms with Gasteiger partial charge in [0.1, 0.15) is 0 Å². The topological polar surface area (TPSA) is 35.6 Å². The molecule has 2 saturated heterocycles. The molecule has 0 saturated carbocycles. The van der Waals surface area contributed by atoms with Gasteiger partial charge in [-0.25, -0.2) is 0 Å². The molecule has 7 heteroatoms.